The number of likely N-dealkylation sites (N-methyl/N-ethyl adjacent to an activating group) is 1. The van der Waals surface area contributed by atoms with E-state index in [0.717, 1.165) is 23.3 Å². The number of ether oxygens (including phenoxy) is 1. The Balaban J connectivity index is 2.31. The summed E-state index contributed by atoms with van der Waals surface area (Å²) in [5, 5.41) is 4.60. The molecule has 3 nitrogen and oxygen atoms in total. The fraction of sp³-hybridized carbons (Fsp3) is 0.267. The zero-order chi connectivity index (χ0) is 14.5. The number of hydrogen-bond donors (Lipinski definition) is 1. The van der Waals surface area contributed by atoms with Gasteiger partial charge in [0.15, 0.2) is 0 Å². The standard InChI is InChI=1S/C15H16Cl2N2O/c1-18-14(12-5-6-19-9-13(12)17)8-10-7-11(16)3-4-15(10)20-2/h3-7,9,14,18H,8H2,1-2H3. The van der Waals surface area contributed by atoms with Gasteiger partial charge in [-0.25, -0.2) is 0 Å². The molecule has 0 aliphatic heterocycles. The molecule has 1 unspecified atom stereocenters. The van der Waals surface area contributed by atoms with Gasteiger partial charge in [-0.15, -0.1) is 0 Å². The predicted octanol–water partition coefficient (Wildman–Crippen LogP) is 3.90. The Hall–Kier alpha value is -1.29. The zero-order valence-corrected chi connectivity index (χ0v) is 12.9. The first-order chi connectivity index (χ1) is 9.65. The molecule has 2 aromatic rings. The number of hydrogen-bond acceptors (Lipinski definition) is 3. The molecule has 1 heterocycles. The molecule has 0 saturated heterocycles. The van der Waals surface area contributed by atoms with Crippen LogP contribution in [0, 0.1) is 0 Å². The minimum absolute atomic E-state index is 0.0675. The summed E-state index contributed by atoms with van der Waals surface area (Å²) in [5.74, 6) is 0.819. The van der Waals surface area contributed by atoms with E-state index in [1.54, 1.807) is 19.5 Å². The predicted molar refractivity (Wildman–Crippen MR) is 82.8 cm³/mol. The summed E-state index contributed by atoms with van der Waals surface area (Å²) in [4.78, 5) is 4.01. The van der Waals surface area contributed by atoms with E-state index in [4.69, 9.17) is 27.9 Å². The normalized spacial score (nSPS) is 12.2. The highest BCUT2D eigenvalue weighted by molar-refractivity contribution is 6.31. The van der Waals surface area contributed by atoms with Crippen LogP contribution in [-0.2, 0) is 6.42 Å². The largest absolute Gasteiger partial charge is 0.496 e. The first-order valence-electron chi connectivity index (χ1n) is 6.24. The molecule has 1 aromatic heterocycles. The Morgan fingerprint density at radius 2 is 2.10 bits per heavy atom. The average molecular weight is 311 g/mol. The average Bonchev–Trinajstić information content (AvgIpc) is 2.46. The molecule has 0 amide bonds. The molecule has 20 heavy (non-hydrogen) atoms. The van der Waals surface area contributed by atoms with Crippen molar-refractivity contribution >= 4 is 23.2 Å². The van der Waals surface area contributed by atoms with Gasteiger partial charge in [-0.1, -0.05) is 23.2 Å². The van der Waals surface area contributed by atoms with Crippen molar-refractivity contribution in [1.29, 1.82) is 0 Å². The maximum Gasteiger partial charge on any atom is 0.122 e. The molecule has 1 atom stereocenters. The van der Waals surface area contributed by atoms with E-state index in [1.165, 1.54) is 0 Å². The quantitative estimate of drug-likeness (QED) is 0.909. The second-order valence-corrected chi connectivity index (χ2v) is 5.24. The highest BCUT2D eigenvalue weighted by Gasteiger charge is 2.16. The van der Waals surface area contributed by atoms with Crippen molar-refractivity contribution < 1.29 is 4.74 Å². The minimum Gasteiger partial charge on any atom is -0.496 e. The highest BCUT2D eigenvalue weighted by atomic mass is 35.5. The van der Waals surface area contributed by atoms with Crippen molar-refractivity contribution in [2.24, 2.45) is 0 Å². The third-order valence-corrected chi connectivity index (χ3v) is 3.75. The number of nitrogens with one attached hydrogen (secondary N) is 1. The molecule has 0 spiro atoms. The summed E-state index contributed by atoms with van der Waals surface area (Å²) in [6.45, 7) is 0. The van der Waals surface area contributed by atoms with Crippen molar-refractivity contribution in [1.82, 2.24) is 10.3 Å². The van der Waals surface area contributed by atoms with Crippen molar-refractivity contribution in [3.8, 4) is 5.75 Å². The summed E-state index contributed by atoms with van der Waals surface area (Å²) in [6.07, 6.45) is 4.11. The molecule has 2 rings (SSSR count). The lowest BCUT2D eigenvalue weighted by Crippen LogP contribution is -2.19. The Labute approximate surface area is 128 Å². The smallest absolute Gasteiger partial charge is 0.122 e. The van der Waals surface area contributed by atoms with Gasteiger partial charge < -0.3 is 10.1 Å². The summed E-state index contributed by atoms with van der Waals surface area (Å²) in [6, 6.07) is 7.59. The van der Waals surface area contributed by atoms with Gasteiger partial charge in [0.1, 0.15) is 5.75 Å². The van der Waals surface area contributed by atoms with Gasteiger partial charge in [0, 0.05) is 23.5 Å². The summed E-state index contributed by atoms with van der Waals surface area (Å²) in [5.41, 5.74) is 2.04. The van der Waals surface area contributed by atoms with Crippen LogP contribution in [0.1, 0.15) is 17.2 Å². The second kappa shape index (κ2) is 6.93. The van der Waals surface area contributed by atoms with Gasteiger partial charge >= 0.3 is 0 Å². The number of halogens is 2. The van der Waals surface area contributed by atoms with E-state index in [2.05, 4.69) is 10.3 Å². The molecule has 5 heteroatoms. The fourth-order valence-electron chi connectivity index (χ4n) is 2.16. The second-order valence-electron chi connectivity index (χ2n) is 4.40. The number of methoxy groups -OCH3 is 1. The molecule has 0 aliphatic carbocycles. The number of pyridine rings is 1. The van der Waals surface area contributed by atoms with Gasteiger partial charge in [0.25, 0.3) is 0 Å². The molecule has 106 valence electrons. The van der Waals surface area contributed by atoms with E-state index in [1.807, 2.05) is 31.3 Å². The van der Waals surface area contributed by atoms with Crippen LogP contribution >= 0.6 is 23.2 Å². The molecule has 0 bridgehead atoms. The van der Waals surface area contributed by atoms with Crippen LogP contribution in [0.2, 0.25) is 10.0 Å². The van der Waals surface area contributed by atoms with Crippen LogP contribution in [0.5, 0.6) is 5.75 Å². The van der Waals surface area contributed by atoms with Crippen molar-refractivity contribution in [2.75, 3.05) is 14.2 Å². The minimum atomic E-state index is 0.0675. The molecular formula is C15H16Cl2N2O. The molecule has 0 aliphatic rings. The van der Waals surface area contributed by atoms with Gasteiger partial charge in [0.05, 0.1) is 12.1 Å². The van der Waals surface area contributed by atoms with Gasteiger partial charge in [-0.05, 0) is 48.9 Å². The molecular weight excluding hydrogens is 295 g/mol. The number of rotatable bonds is 5. The summed E-state index contributed by atoms with van der Waals surface area (Å²) in [7, 11) is 3.55. The third-order valence-electron chi connectivity index (χ3n) is 3.19. The lowest BCUT2D eigenvalue weighted by Gasteiger charge is -2.19. The molecule has 1 aromatic carbocycles. The summed E-state index contributed by atoms with van der Waals surface area (Å²) < 4.78 is 5.38. The highest BCUT2D eigenvalue weighted by Crippen LogP contribution is 2.30. The van der Waals surface area contributed by atoms with E-state index < -0.39 is 0 Å². The zero-order valence-electron chi connectivity index (χ0n) is 11.4. The summed E-state index contributed by atoms with van der Waals surface area (Å²) >= 11 is 12.3. The van der Waals surface area contributed by atoms with Crippen molar-refractivity contribution in [3.05, 3.63) is 57.8 Å². The van der Waals surface area contributed by atoms with Crippen LogP contribution in [-0.4, -0.2) is 19.1 Å². The molecule has 0 radical (unpaired) electrons. The monoisotopic (exact) mass is 310 g/mol. The van der Waals surface area contributed by atoms with E-state index in [9.17, 15) is 0 Å². The van der Waals surface area contributed by atoms with Crippen LogP contribution in [0.3, 0.4) is 0 Å². The van der Waals surface area contributed by atoms with Crippen LogP contribution in [0.4, 0.5) is 0 Å². The number of aromatic nitrogens is 1. The first-order valence-corrected chi connectivity index (χ1v) is 7.00. The lowest BCUT2D eigenvalue weighted by molar-refractivity contribution is 0.406. The fourth-order valence-corrected chi connectivity index (χ4v) is 2.61. The SMILES string of the molecule is CNC(Cc1cc(Cl)ccc1OC)c1ccncc1Cl. The van der Waals surface area contributed by atoms with Crippen molar-refractivity contribution in [2.45, 2.75) is 12.5 Å². The lowest BCUT2D eigenvalue weighted by atomic mass is 9.99. The maximum absolute atomic E-state index is 6.21. The van der Waals surface area contributed by atoms with E-state index in [0.29, 0.717) is 10.0 Å². The van der Waals surface area contributed by atoms with Gasteiger partial charge in [-0.3, -0.25) is 4.98 Å². The Kier molecular flexibility index (Phi) is 5.24. The first kappa shape index (κ1) is 15.1. The third kappa shape index (κ3) is 3.42. The van der Waals surface area contributed by atoms with Crippen molar-refractivity contribution in [3.63, 3.8) is 0 Å². The molecule has 1 N–H and O–H groups in total. The van der Waals surface area contributed by atoms with Crippen LogP contribution in [0.25, 0.3) is 0 Å². The molecule has 0 fully saturated rings. The Morgan fingerprint density at radius 1 is 1.30 bits per heavy atom. The van der Waals surface area contributed by atoms with Crippen LogP contribution in [0.15, 0.2) is 36.7 Å². The van der Waals surface area contributed by atoms with E-state index >= 15 is 0 Å². The maximum atomic E-state index is 6.21. The number of benzene rings is 1. The van der Waals surface area contributed by atoms with Gasteiger partial charge in [0.2, 0.25) is 0 Å². The topological polar surface area (TPSA) is 34.1 Å². The Bertz CT molecular complexity index is 590. The Morgan fingerprint density at radius 3 is 2.75 bits per heavy atom. The van der Waals surface area contributed by atoms with Gasteiger partial charge in [-0.2, -0.15) is 0 Å². The number of nitrogens with zero attached hydrogens (tertiary/aromatic N) is 1. The molecule has 0 saturated carbocycles. The van der Waals surface area contributed by atoms with Crippen LogP contribution < -0.4 is 10.1 Å². The van der Waals surface area contributed by atoms with E-state index in [-0.39, 0.29) is 6.04 Å².